The van der Waals surface area contributed by atoms with E-state index in [4.69, 9.17) is 0 Å². The molecule has 0 saturated heterocycles. The highest BCUT2D eigenvalue weighted by Crippen LogP contribution is 2.37. The molecule has 1 fully saturated rings. The smallest absolute Gasteiger partial charge is 0.142 e. The van der Waals surface area contributed by atoms with Gasteiger partial charge in [-0.3, -0.25) is 0 Å². The zero-order valence-corrected chi connectivity index (χ0v) is 15.9. The second kappa shape index (κ2) is 9.00. The van der Waals surface area contributed by atoms with Crippen LogP contribution in [-0.2, 0) is 6.42 Å². The molecule has 1 aliphatic carbocycles. The van der Waals surface area contributed by atoms with Gasteiger partial charge in [-0.05, 0) is 79.3 Å². The van der Waals surface area contributed by atoms with Crippen LogP contribution in [0.3, 0.4) is 0 Å². The first kappa shape index (κ1) is 19.4. The molecule has 0 bridgehead atoms. The minimum Gasteiger partial charge on any atom is -0.206 e. The molecule has 0 radical (unpaired) electrons. The summed E-state index contributed by atoms with van der Waals surface area (Å²) in [5.74, 6) is 5.19. The summed E-state index contributed by atoms with van der Waals surface area (Å²) < 4.78 is 29.0. The Labute approximate surface area is 161 Å². The number of hydrogen-bond acceptors (Lipinski definition) is 0. The lowest BCUT2D eigenvalue weighted by atomic mass is 9.78. The van der Waals surface area contributed by atoms with Crippen molar-refractivity contribution in [2.45, 2.75) is 51.4 Å². The van der Waals surface area contributed by atoms with E-state index in [0.717, 1.165) is 49.7 Å². The summed E-state index contributed by atoms with van der Waals surface area (Å²) in [6.45, 7) is 5.98. The summed E-state index contributed by atoms with van der Waals surface area (Å²) in [7, 11) is 0. The first-order valence-corrected chi connectivity index (χ1v) is 9.83. The van der Waals surface area contributed by atoms with Crippen LogP contribution in [0.1, 0.15) is 67.2 Å². The Hall–Kier alpha value is -2.40. The molecule has 0 atom stereocenters. The topological polar surface area (TPSA) is 0 Å². The van der Waals surface area contributed by atoms with Gasteiger partial charge in [0.15, 0.2) is 0 Å². The van der Waals surface area contributed by atoms with E-state index in [0.29, 0.717) is 5.92 Å². The lowest BCUT2D eigenvalue weighted by Gasteiger charge is -2.27. The summed E-state index contributed by atoms with van der Waals surface area (Å²) in [5, 5.41) is 0. The first-order valence-electron chi connectivity index (χ1n) is 9.83. The molecular formula is C25H26F2. The van der Waals surface area contributed by atoms with Gasteiger partial charge in [-0.15, -0.1) is 6.58 Å². The highest BCUT2D eigenvalue weighted by molar-refractivity contribution is 5.46. The van der Waals surface area contributed by atoms with Gasteiger partial charge in [-0.2, -0.15) is 0 Å². The molecule has 2 aromatic rings. The molecule has 0 aromatic heterocycles. The zero-order chi connectivity index (χ0) is 19.2. The van der Waals surface area contributed by atoms with Gasteiger partial charge in [0.1, 0.15) is 11.6 Å². The number of halogens is 2. The maximum atomic E-state index is 14.5. The van der Waals surface area contributed by atoms with Gasteiger partial charge in [0, 0.05) is 5.56 Å². The van der Waals surface area contributed by atoms with E-state index < -0.39 is 11.6 Å². The van der Waals surface area contributed by atoms with E-state index in [1.807, 2.05) is 30.3 Å². The maximum Gasteiger partial charge on any atom is 0.142 e. The van der Waals surface area contributed by atoms with Gasteiger partial charge in [-0.1, -0.05) is 43.4 Å². The lowest BCUT2D eigenvalue weighted by Crippen LogP contribution is -2.12. The molecule has 0 aliphatic heterocycles. The van der Waals surface area contributed by atoms with Crippen LogP contribution in [0, 0.1) is 29.4 Å². The number of aryl methyl sites for hydroxylation is 1. The van der Waals surface area contributed by atoms with Crippen molar-refractivity contribution in [3.63, 3.8) is 0 Å². The fourth-order valence-electron chi connectivity index (χ4n) is 3.81. The number of allylic oxidation sites excluding steroid dienone is 1. The number of benzene rings is 2. The molecule has 0 heterocycles. The molecule has 0 nitrogen and oxygen atoms in total. The standard InChI is InChI=1S/C25H26F2/c1-3-5-19-6-8-20(9-7-19)12-15-23-24(26)16-22(17-25(23)27)21-13-10-18(4-2)11-14-21/h4,6-9,16-18,21H,2-3,5,10-11,13-14H2,1H3. The minimum absolute atomic E-state index is 0.142. The quantitative estimate of drug-likeness (QED) is 0.414. The van der Waals surface area contributed by atoms with E-state index in [1.54, 1.807) is 0 Å². The van der Waals surface area contributed by atoms with E-state index in [2.05, 4.69) is 25.3 Å². The van der Waals surface area contributed by atoms with E-state index in [9.17, 15) is 8.78 Å². The van der Waals surface area contributed by atoms with Gasteiger partial charge in [0.25, 0.3) is 0 Å². The molecule has 0 amide bonds. The fraction of sp³-hybridized carbons (Fsp3) is 0.360. The van der Waals surface area contributed by atoms with Gasteiger partial charge < -0.3 is 0 Å². The van der Waals surface area contributed by atoms with Gasteiger partial charge in [-0.25, -0.2) is 8.78 Å². The summed E-state index contributed by atoms with van der Waals surface area (Å²) in [6, 6.07) is 10.8. The van der Waals surface area contributed by atoms with E-state index in [-0.39, 0.29) is 11.5 Å². The Kier molecular flexibility index (Phi) is 6.45. The van der Waals surface area contributed by atoms with Crippen molar-refractivity contribution in [3.05, 3.63) is 82.9 Å². The van der Waals surface area contributed by atoms with Crippen LogP contribution in [0.25, 0.3) is 0 Å². The third-order valence-corrected chi connectivity index (χ3v) is 5.47. The van der Waals surface area contributed by atoms with Crippen LogP contribution in [0.15, 0.2) is 49.1 Å². The molecule has 1 aliphatic rings. The number of rotatable bonds is 4. The van der Waals surface area contributed by atoms with Crippen molar-refractivity contribution in [3.8, 4) is 11.8 Å². The van der Waals surface area contributed by atoms with Crippen LogP contribution in [-0.4, -0.2) is 0 Å². The predicted octanol–water partition coefficient (Wildman–Crippen LogP) is 6.78. The van der Waals surface area contributed by atoms with Crippen molar-refractivity contribution >= 4 is 0 Å². The number of hydrogen-bond donors (Lipinski definition) is 0. The molecule has 140 valence electrons. The molecule has 2 aromatic carbocycles. The van der Waals surface area contributed by atoms with E-state index in [1.165, 1.54) is 17.7 Å². The van der Waals surface area contributed by atoms with Crippen LogP contribution >= 0.6 is 0 Å². The third-order valence-electron chi connectivity index (χ3n) is 5.47. The Morgan fingerprint density at radius 2 is 1.63 bits per heavy atom. The predicted molar refractivity (Wildman–Crippen MR) is 108 cm³/mol. The van der Waals surface area contributed by atoms with Crippen molar-refractivity contribution in [2.24, 2.45) is 5.92 Å². The van der Waals surface area contributed by atoms with Gasteiger partial charge in [0.05, 0.1) is 5.56 Å². The van der Waals surface area contributed by atoms with Crippen molar-refractivity contribution < 1.29 is 8.78 Å². The average Bonchev–Trinajstić information content (AvgIpc) is 2.69. The average molecular weight is 364 g/mol. The Morgan fingerprint density at radius 3 is 2.19 bits per heavy atom. The summed E-state index contributed by atoms with van der Waals surface area (Å²) in [6.07, 6.45) is 8.07. The van der Waals surface area contributed by atoms with Gasteiger partial charge in [0.2, 0.25) is 0 Å². The molecule has 0 spiro atoms. The Morgan fingerprint density at radius 1 is 1.00 bits per heavy atom. The van der Waals surface area contributed by atoms with Crippen LogP contribution in [0.5, 0.6) is 0 Å². The summed E-state index contributed by atoms with van der Waals surface area (Å²) in [4.78, 5) is 0. The monoisotopic (exact) mass is 364 g/mol. The lowest BCUT2D eigenvalue weighted by molar-refractivity contribution is 0.374. The fourth-order valence-corrected chi connectivity index (χ4v) is 3.81. The Bertz CT molecular complexity index is 821. The highest BCUT2D eigenvalue weighted by atomic mass is 19.1. The summed E-state index contributed by atoms with van der Waals surface area (Å²) in [5.41, 5.74) is 2.62. The van der Waals surface area contributed by atoms with Crippen molar-refractivity contribution in [1.29, 1.82) is 0 Å². The van der Waals surface area contributed by atoms with Gasteiger partial charge >= 0.3 is 0 Å². The highest BCUT2D eigenvalue weighted by Gasteiger charge is 2.22. The molecule has 27 heavy (non-hydrogen) atoms. The maximum absolute atomic E-state index is 14.5. The molecular weight excluding hydrogens is 338 g/mol. The Balaban J connectivity index is 1.77. The molecule has 3 rings (SSSR count). The van der Waals surface area contributed by atoms with Crippen molar-refractivity contribution in [2.75, 3.05) is 0 Å². The second-order valence-corrected chi connectivity index (χ2v) is 7.40. The molecule has 2 heteroatoms. The van der Waals surface area contributed by atoms with E-state index >= 15 is 0 Å². The minimum atomic E-state index is -0.564. The largest absolute Gasteiger partial charge is 0.206 e. The SMILES string of the molecule is C=CC1CCC(c2cc(F)c(C#Cc3ccc(CCC)cc3)c(F)c2)CC1. The second-order valence-electron chi connectivity index (χ2n) is 7.40. The third kappa shape index (κ3) is 4.86. The van der Waals surface area contributed by atoms with Crippen LogP contribution < -0.4 is 0 Å². The molecule has 0 N–H and O–H groups in total. The zero-order valence-electron chi connectivity index (χ0n) is 15.9. The normalized spacial score (nSPS) is 19.2. The van der Waals surface area contributed by atoms with Crippen LogP contribution in [0.4, 0.5) is 8.78 Å². The molecule has 0 unspecified atom stereocenters. The first-order chi connectivity index (χ1) is 13.1. The molecule has 1 saturated carbocycles. The van der Waals surface area contributed by atoms with Crippen LogP contribution in [0.2, 0.25) is 0 Å². The summed E-state index contributed by atoms with van der Waals surface area (Å²) >= 11 is 0. The van der Waals surface area contributed by atoms with Crippen molar-refractivity contribution in [1.82, 2.24) is 0 Å².